The molecule has 2 aromatic rings. The van der Waals surface area contributed by atoms with Crippen molar-refractivity contribution >= 4 is 39.1 Å². The molecule has 0 bridgehead atoms. The fourth-order valence-electron chi connectivity index (χ4n) is 1.66. The van der Waals surface area contributed by atoms with Gasteiger partial charge in [0.1, 0.15) is 0 Å². The summed E-state index contributed by atoms with van der Waals surface area (Å²) in [5.74, 6) is 0. The molecule has 0 aliphatic heterocycles. The molecule has 0 unspecified atom stereocenters. The second-order valence-corrected chi connectivity index (χ2v) is 5.55. The largest absolute Gasteiger partial charge is 0.309 e. The van der Waals surface area contributed by atoms with Crippen molar-refractivity contribution in [2.45, 2.75) is 13.1 Å². The molecule has 0 aliphatic carbocycles. The predicted molar refractivity (Wildman–Crippen MR) is 81.1 cm³/mol. The van der Waals surface area contributed by atoms with Gasteiger partial charge in [-0.2, -0.15) is 0 Å². The predicted octanol–water partition coefficient (Wildman–Crippen LogP) is 5.05. The Morgan fingerprint density at radius 1 is 0.889 bits per heavy atom. The van der Waals surface area contributed by atoms with E-state index in [0.717, 1.165) is 16.6 Å². The highest BCUT2D eigenvalue weighted by Gasteiger charge is 2.04. The van der Waals surface area contributed by atoms with Crippen molar-refractivity contribution in [1.29, 1.82) is 0 Å². The molecule has 0 amide bonds. The first-order valence-corrected chi connectivity index (χ1v) is 7.10. The number of halogens is 3. The van der Waals surface area contributed by atoms with E-state index in [4.69, 9.17) is 23.2 Å². The lowest BCUT2D eigenvalue weighted by atomic mass is 10.2. The second-order valence-electron chi connectivity index (χ2n) is 3.91. The van der Waals surface area contributed by atoms with Crippen LogP contribution < -0.4 is 5.32 Å². The van der Waals surface area contributed by atoms with Gasteiger partial charge >= 0.3 is 0 Å². The van der Waals surface area contributed by atoms with Gasteiger partial charge < -0.3 is 5.32 Å². The summed E-state index contributed by atoms with van der Waals surface area (Å²) in [5, 5.41) is 4.57. The van der Waals surface area contributed by atoms with Gasteiger partial charge in [0.25, 0.3) is 0 Å². The third-order valence-electron chi connectivity index (χ3n) is 2.62. The van der Waals surface area contributed by atoms with E-state index in [0.29, 0.717) is 16.6 Å². The summed E-state index contributed by atoms with van der Waals surface area (Å²) >= 11 is 15.6. The van der Waals surface area contributed by atoms with Crippen molar-refractivity contribution in [3.05, 3.63) is 68.1 Å². The lowest BCUT2D eigenvalue weighted by molar-refractivity contribution is 0.692. The van der Waals surface area contributed by atoms with Crippen LogP contribution in [0, 0.1) is 0 Å². The van der Waals surface area contributed by atoms with E-state index >= 15 is 0 Å². The minimum atomic E-state index is 0.594. The SMILES string of the molecule is Clc1cccc(CNCc2ccccc2Br)c1Cl. The maximum absolute atomic E-state index is 6.13. The van der Waals surface area contributed by atoms with E-state index in [1.807, 2.05) is 30.3 Å². The van der Waals surface area contributed by atoms with Crippen molar-refractivity contribution in [2.75, 3.05) is 0 Å². The number of hydrogen-bond donors (Lipinski definition) is 1. The molecular formula is C14H12BrCl2N. The van der Waals surface area contributed by atoms with Gasteiger partial charge in [0.15, 0.2) is 0 Å². The average molecular weight is 345 g/mol. The van der Waals surface area contributed by atoms with Gasteiger partial charge in [-0.15, -0.1) is 0 Å². The molecule has 0 heterocycles. The molecule has 0 radical (unpaired) electrons. The van der Waals surface area contributed by atoms with E-state index in [2.05, 4.69) is 27.3 Å². The molecule has 0 saturated carbocycles. The molecule has 0 aliphatic rings. The molecule has 2 aromatic carbocycles. The highest BCUT2D eigenvalue weighted by atomic mass is 79.9. The van der Waals surface area contributed by atoms with Crippen molar-refractivity contribution in [1.82, 2.24) is 5.32 Å². The zero-order valence-corrected chi connectivity index (χ0v) is 12.7. The summed E-state index contributed by atoms with van der Waals surface area (Å²) in [7, 11) is 0. The molecule has 0 spiro atoms. The molecule has 1 nitrogen and oxygen atoms in total. The van der Waals surface area contributed by atoms with E-state index in [1.165, 1.54) is 5.56 Å². The second kappa shape index (κ2) is 6.58. The van der Waals surface area contributed by atoms with Crippen LogP contribution in [0.25, 0.3) is 0 Å². The first kappa shape index (κ1) is 13.9. The molecule has 94 valence electrons. The number of rotatable bonds is 4. The van der Waals surface area contributed by atoms with E-state index in [9.17, 15) is 0 Å². The van der Waals surface area contributed by atoms with Crippen LogP contribution in [0.2, 0.25) is 10.0 Å². The van der Waals surface area contributed by atoms with Crippen LogP contribution in [0.3, 0.4) is 0 Å². The van der Waals surface area contributed by atoms with Gasteiger partial charge in [0.05, 0.1) is 10.0 Å². The van der Waals surface area contributed by atoms with Gasteiger partial charge in [-0.1, -0.05) is 69.5 Å². The summed E-state index contributed by atoms with van der Waals surface area (Å²) in [6, 6.07) is 13.8. The molecule has 0 aromatic heterocycles. The maximum atomic E-state index is 6.13. The molecule has 0 atom stereocenters. The Kier molecular flexibility index (Phi) is 5.07. The van der Waals surface area contributed by atoms with Crippen LogP contribution >= 0.6 is 39.1 Å². The normalized spacial score (nSPS) is 10.6. The zero-order valence-electron chi connectivity index (χ0n) is 9.59. The topological polar surface area (TPSA) is 12.0 Å². The van der Waals surface area contributed by atoms with Crippen LogP contribution in [0.4, 0.5) is 0 Å². The smallest absolute Gasteiger partial charge is 0.0637 e. The molecule has 0 fully saturated rings. The standard InChI is InChI=1S/C14H12BrCl2N/c15-12-6-2-1-4-10(12)8-18-9-11-5-3-7-13(16)14(11)17/h1-7,18H,8-9H2. The van der Waals surface area contributed by atoms with Gasteiger partial charge in [-0.3, -0.25) is 0 Å². The first-order valence-electron chi connectivity index (χ1n) is 5.55. The van der Waals surface area contributed by atoms with Crippen molar-refractivity contribution in [3.63, 3.8) is 0 Å². The van der Waals surface area contributed by atoms with Gasteiger partial charge in [-0.25, -0.2) is 0 Å². The van der Waals surface area contributed by atoms with Gasteiger partial charge in [0.2, 0.25) is 0 Å². The van der Waals surface area contributed by atoms with Crippen molar-refractivity contribution < 1.29 is 0 Å². The van der Waals surface area contributed by atoms with Gasteiger partial charge in [0, 0.05) is 17.6 Å². The van der Waals surface area contributed by atoms with E-state index < -0.39 is 0 Å². The molecule has 2 rings (SSSR count). The third kappa shape index (κ3) is 3.48. The minimum Gasteiger partial charge on any atom is -0.309 e. The van der Waals surface area contributed by atoms with Crippen LogP contribution in [-0.4, -0.2) is 0 Å². The Bertz CT molecular complexity index is 543. The fraction of sp³-hybridized carbons (Fsp3) is 0.143. The highest BCUT2D eigenvalue weighted by Crippen LogP contribution is 2.25. The summed E-state index contributed by atoms with van der Waals surface area (Å²) in [6.45, 7) is 1.48. The summed E-state index contributed by atoms with van der Waals surface area (Å²) in [5.41, 5.74) is 2.23. The first-order chi connectivity index (χ1) is 8.68. The number of nitrogens with one attached hydrogen (secondary N) is 1. The molecule has 18 heavy (non-hydrogen) atoms. The molecule has 1 N–H and O–H groups in total. The molecule has 0 saturated heterocycles. The minimum absolute atomic E-state index is 0.594. The summed E-state index contributed by atoms with van der Waals surface area (Å²) < 4.78 is 1.11. The Balaban J connectivity index is 1.97. The van der Waals surface area contributed by atoms with Gasteiger partial charge in [-0.05, 0) is 23.3 Å². The quantitative estimate of drug-likeness (QED) is 0.818. The maximum Gasteiger partial charge on any atom is 0.0637 e. The van der Waals surface area contributed by atoms with E-state index in [-0.39, 0.29) is 0 Å². The van der Waals surface area contributed by atoms with Crippen molar-refractivity contribution in [2.24, 2.45) is 0 Å². The van der Waals surface area contributed by atoms with Crippen molar-refractivity contribution in [3.8, 4) is 0 Å². The average Bonchev–Trinajstić information content (AvgIpc) is 2.37. The lowest BCUT2D eigenvalue weighted by Gasteiger charge is -2.09. The molecule has 4 heteroatoms. The fourth-order valence-corrected chi connectivity index (χ4v) is 2.47. The summed E-state index contributed by atoms with van der Waals surface area (Å²) in [6.07, 6.45) is 0. The Morgan fingerprint density at radius 2 is 1.56 bits per heavy atom. The Labute approximate surface area is 125 Å². The Morgan fingerprint density at radius 3 is 2.33 bits per heavy atom. The van der Waals surface area contributed by atoms with E-state index in [1.54, 1.807) is 6.07 Å². The third-order valence-corrected chi connectivity index (χ3v) is 4.25. The summed E-state index contributed by atoms with van der Waals surface area (Å²) in [4.78, 5) is 0. The number of benzene rings is 2. The van der Waals surface area contributed by atoms with Crippen LogP contribution in [0.1, 0.15) is 11.1 Å². The highest BCUT2D eigenvalue weighted by molar-refractivity contribution is 9.10. The van der Waals surface area contributed by atoms with Crippen LogP contribution in [-0.2, 0) is 13.1 Å². The monoisotopic (exact) mass is 343 g/mol. The van der Waals surface area contributed by atoms with Crippen LogP contribution in [0.15, 0.2) is 46.9 Å². The van der Waals surface area contributed by atoms with Crippen LogP contribution in [0.5, 0.6) is 0 Å². The molecular weight excluding hydrogens is 333 g/mol. The Hall–Kier alpha value is -0.540. The number of hydrogen-bond acceptors (Lipinski definition) is 1. The zero-order chi connectivity index (χ0) is 13.0. The lowest BCUT2D eigenvalue weighted by Crippen LogP contribution is -2.13.